The fourth-order valence-corrected chi connectivity index (χ4v) is 6.52. The fourth-order valence-electron chi connectivity index (χ4n) is 5.29. The lowest BCUT2D eigenvalue weighted by atomic mass is 9.98. The Hall–Kier alpha value is -3.61. The molecule has 0 saturated carbocycles. The molecule has 0 aliphatic heterocycles. The van der Waals surface area contributed by atoms with Gasteiger partial charge in [-0.05, 0) is 65.6 Å². The number of aromatic nitrogens is 2. The quantitative estimate of drug-likeness (QED) is 0.227. The van der Waals surface area contributed by atoms with Crippen LogP contribution in [0.3, 0.4) is 0 Å². The van der Waals surface area contributed by atoms with Crippen molar-refractivity contribution in [1.29, 1.82) is 0 Å². The largest absolute Gasteiger partial charge is 0.392 e. The van der Waals surface area contributed by atoms with Crippen molar-refractivity contribution in [3.8, 4) is 0 Å². The van der Waals surface area contributed by atoms with Crippen LogP contribution >= 0.6 is 11.8 Å². The molecule has 1 heterocycles. The number of rotatable bonds is 8. The number of anilines is 2. The van der Waals surface area contributed by atoms with E-state index in [1.165, 1.54) is 21.6 Å². The Labute approximate surface area is 228 Å². The lowest BCUT2D eigenvalue weighted by molar-refractivity contribution is 0.279. The number of fused-ring (bicyclic) bond motifs is 2. The number of para-hydroxylation sites is 1. The van der Waals surface area contributed by atoms with Crippen LogP contribution in [0.4, 0.5) is 11.8 Å². The minimum Gasteiger partial charge on any atom is -0.392 e. The van der Waals surface area contributed by atoms with Crippen LogP contribution in [0.15, 0.2) is 100 Å². The highest BCUT2D eigenvalue weighted by Gasteiger charge is 2.23. The highest BCUT2D eigenvalue weighted by atomic mass is 32.2. The van der Waals surface area contributed by atoms with E-state index in [2.05, 4.69) is 66.1 Å². The van der Waals surface area contributed by atoms with E-state index in [0.29, 0.717) is 18.4 Å². The van der Waals surface area contributed by atoms with Gasteiger partial charge in [-0.25, -0.2) is 4.98 Å². The molecule has 5 nitrogen and oxygen atoms in total. The summed E-state index contributed by atoms with van der Waals surface area (Å²) in [5.74, 6) is 1.97. The topological polar surface area (TPSA) is 70.1 Å². The van der Waals surface area contributed by atoms with Crippen molar-refractivity contribution in [3.05, 3.63) is 112 Å². The Morgan fingerprint density at radius 3 is 2.71 bits per heavy atom. The molecule has 0 spiro atoms. The lowest BCUT2D eigenvalue weighted by Gasteiger charge is -2.21. The standard InChI is InChI=1S/C32H32N4OS/c1-21-14-15-23(30(18-21)38-29-13-7-3-9-24(29)20-37)19-33-32-35-27-12-6-5-11-26(27)31(36-32)34-28-17-16-22-8-2-4-10-25(22)28/h2-13,15,18,21,28,37H,14,16-17,19-20H2,1H3,(H2,33,34,35,36). The number of nitrogens with one attached hydrogen (secondary N) is 2. The first-order valence-corrected chi connectivity index (χ1v) is 14.1. The van der Waals surface area contributed by atoms with E-state index >= 15 is 0 Å². The first kappa shape index (κ1) is 24.7. The number of aliphatic hydroxyl groups is 1. The van der Waals surface area contributed by atoms with Gasteiger partial charge in [-0.15, -0.1) is 0 Å². The molecule has 3 aromatic carbocycles. The molecule has 38 heavy (non-hydrogen) atoms. The van der Waals surface area contributed by atoms with E-state index in [1.54, 1.807) is 11.8 Å². The van der Waals surface area contributed by atoms with Gasteiger partial charge in [0, 0.05) is 21.7 Å². The zero-order valence-electron chi connectivity index (χ0n) is 21.5. The summed E-state index contributed by atoms with van der Waals surface area (Å²) in [6, 6.07) is 25.2. The third kappa shape index (κ3) is 5.19. The van der Waals surface area contributed by atoms with Crippen LogP contribution in [0.25, 0.3) is 10.9 Å². The second-order valence-corrected chi connectivity index (χ2v) is 11.1. The molecule has 6 heteroatoms. The normalized spacial score (nSPS) is 18.6. The minimum absolute atomic E-state index is 0.0372. The molecule has 0 saturated heterocycles. The Kier molecular flexibility index (Phi) is 7.16. The van der Waals surface area contributed by atoms with Crippen LogP contribution in [0.1, 0.15) is 42.5 Å². The molecule has 2 aliphatic carbocycles. The number of aliphatic hydroxyl groups excluding tert-OH is 1. The minimum atomic E-state index is 0.0372. The molecule has 3 N–H and O–H groups in total. The summed E-state index contributed by atoms with van der Waals surface area (Å²) < 4.78 is 0. The third-order valence-electron chi connectivity index (χ3n) is 7.34. The SMILES string of the molecule is CC1C=C(Sc2ccccc2CO)C(CNc2nc(NC3CCc4ccccc43)c3ccccc3n2)=CC1. The van der Waals surface area contributed by atoms with Crippen LogP contribution in [0.2, 0.25) is 0 Å². The maximum atomic E-state index is 9.80. The summed E-state index contributed by atoms with van der Waals surface area (Å²) in [5, 5.41) is 18.1. The number of aryl methyl sites for hydroxylation is 1. The van der Waals surface area contributed by atoms with Gasteiger partial charge < -0.3 is 15.7 Å². The van der Waals surface area contributed by atoms with Gasteiger partial charge in [0.1, 0.15) is 5.82 Å². The van der Waals surface area contributed by atoms with Gasteiger partial charge in [0.05, 0.1) is 18.2 Å². The number of thioether (sulfide) groups is 1. The third-order valence-corrected chi connectivity index (χ3v) is 8.57. The van der Waals surface area contributed by atoms with E-state index in [4.69, 9.17) is 9.97 Å². The zero-order valence-corrected chi connectivity index (χ0v) is 22.3. The first-order chi connectivity index (χ1) is 18.7. The van der Waals surface area contributed by atoms with Gasteiger partial charge in [0.25, 0.3) is 0 Å². The van der Waals surface area contributed by atoms with Gasteiger partial charge in [-0.2, -0.15) is 4.98 Å². The van der Waals surface area contributed by atoms with Crippen LogP contribution in [-0.2, 0) is 13.0 Å². The van der Waals surface area contributed by atoms with E-state index in [-0.39, 0.29) is 12.6 Å². The Morgan fingerprint density at radius 2 is 1.79 bits per heavy atom. The first-order valence-electron chi connectivity index (χ1n) is 13.3. The summed E-state index contributed by atoms with van der Waals surface area (Å²) in [7, 11) is 0. The second-order valence-electron chi connectivity index (χ2n) is 10.0. The van der Waals surface area contributed by atoms with Crippen LogP contribution in [-0.4, -0.2) is 21.6 Å². The summed E-state index contributed by atoms with van der Waals surface area (Å²) >= 11 is 1.72. The predicted molar refractivity (Wildman–Crippen MR) is 157 cm³/mol. The molecule has 6 rings (SSSR count). The zero-order chi connectivity index (χ0) is 25.9. The smallest absolute Gasteiger partial charge is 0.225 e. The lowest BCUT2D eigenvalue weighted by Crippen LogP contribution is -2.14. The highest BCUT2D eigenvalue weighted by molar-refractivity contribution is 8.03. The van der Waals surface area contributed by atoms with Gasteiger partial charge >= 0.3 is 0 Å². The maximum Gasteiger partial charge on any atom is 0.225 e. The van der Waals surface area contributed by atoms with Crippen molar-refractivity contribution in [2.75, 3.05) is 17.2 Å². The fraction of sp³-hybridized carbons (Fsp3) is 0.250. The van der Waals surface area contributed by atoms with Crippen molar-refractivity contribution in [2.45, 2.75) is 43.7 Å². The maximum absolute atomic E-state index is 9.80. The number of allylic oxidation sites excluding steroid dienone is 2. The predicted octanol–water partition coefficient (Wildman–Crippen LogP) is 7.28. The van der Waals surface area contributed by atoms with Crippen molar-refractivity contribution in [1.82, 2.24) is 9.97 Å². The van der Waals surface area contributed by atoms with Crippen molar-refractivity contribution < 1.29 is 5.11 Å². The van der Waals surface area contributed by atoms with E-state index in [9.17, 15) is 5.11 Å². The molecule has 2 atom stereocenters. The van der Waals surface area contributed by atoms with E-state index < -0.39 is 0 Å². The molecule has 1 aromatic heterocycles. The molecule has 0 amide bonds. The molecule has 4 aromatic rings. The Balaban J connectivity index is 1.24. The number of benzene rings is 3. The van der Waals surface area contributed by atoms with Gasteiger partial charge in [0.2, 0.25) is 5.95 Å². The van der Waals surface area contributed by atoms with E-state index in [1.807, 2.05) is 36.4 Å². The summed E-state index contributed by atoms with van der Waals surface area (Å²) in [4.78, 5) is 12.1. The van der Waals surface area contributed by atoms with Crippen LogP contribution in [0.5, 0.6) is 0 Å². The monoisotopic (exact) mass is 520 g/mol. The van der Waals surface area contributed by atoms with Crippen molar-refractivity contribution in [2.24, 2.45) is 5.92 Å². The van der Waals surface area contributed by atoms with Gasteiger partial charge in [-0.3, -0.25) is 0 Å². The molecular weight excluding hydrogens is 488 g/mol. The molecule has 0 radical (unpaired) electrons. The van der Waals surface area contributed by atoms with Crippen LogP contribution < -0.4 is 10.6 Å². The summed E-state index contributed by atoms with van der Waals surface area (Å²) in [5.41, 5.74) is 5.88. The average Bonchev–Trinajstić information content (AvgIpc) is 3.35. The number of nitrogens with zero attached hydrogens (tertiary/aromatic N) is 2. The second kappa shape index (κ2) is 11.0. The van der Waals surface area contributed by atoms with Crippen molar-refractivity contribution in [3.63, 3.8) is 0 Å². The summed E-state index contributed by atoms with van der Waals surface area (Å²) in [6.07, 6.45) is 7.81. The average molecular weight is 521 g/mol. The molecular formula is C32H32N4OS. The van der Waals surface area contributed by atoms with Gasteiger partial charge in [-0.1, -0.05) is 85.4 Å². The van der Waals surface area contributed by atoms with Gasteiger partial charge in [0.15, 0.2) is 0 Å². The van der Waals surface area contributed by atoms with E-state index in [0.717, 1.165) is 46.4 Å². The highest BCUT2D eigenvalue weighted by Crippen LogP contribution is 2.38. The Bertz CT molecular complexity index is 1530. The molecule has 2 aliphatic rings. The molecule has 0 fully saturated rings. The van der Waals surface area contributed by atoms with Crippen molar-refractivity contribution >= 4 is 34.4 Å². The van der Waals surface area contributed by atoms with Crippen LogP contribution in [0, 0.1) is 5.92 Å². The number of hydrogen-bond acceptors (Lipinski definition) is 6. The Morgan fingerprint density at radius 1 is 0.974 bits per heavy atom. The summed E-state index contributed by atoms with van der Waals surface area (Å²) in [6.45, 7) is 2.91. The molecule has 2 unspecified atom stereocenters. The molecule has 0 bridgehead atoms. The number of hydrogen-bond donors (Lipinski definition) is 3. The molecule has 192 valence electrons.